The van der Waals surface area contributed by atoms with Gasteiger partial charge in [-0.3, -0.25) is 4.79 Å². The third-order valence-corrected chi connectivity index (χ3v) is 4.83. The van der Waals surface area contributed by atoms with Crippen LogP contribution in [0.2, 0.25) is 5.02 Å². The highest BCUT2D eigenvalue weighted by molar-refractivity contribution is 6.30. The molecule has 0 aliphatic heterocycles. The maximum absolute atomic E-state index is 12.7. The summed E-state index contributed by atoms with van der Waals surface area (Å²) in [5, 5.41) is 3.61. The molecular formula is C25H26ClNO3. The van der Waals surface area contributed by atoms with Crippen LogP contribution < -0.4 is 14.8 Å². The van der Waals surface area contributed by atoms with E-state index in [1.807, 2.05) is 69.3 Å². The third-order valence-electron chi connectivity index (χ3n) is 4.58. The zero-order valence-electron chi connectivity index (χ0n) is 17.5. The Morgan fingerprint density at radius 1 is 0.933 bits per heavy atom. The second-order valence-corrected chi connectivity index (χ2v) is 7.61. The lowest BCUT2D eigenvalue weighted by atomic mass is 10.1. The van der Waals surface area contributed by atoms with Crippen molar-refractivity contribution in [3.63, 3.8) is 0 Å². The smallest absolute Gasteiger partial charge is 0.251 e. The first-order chi connectivity index (χ1) is 14.4. The van der Waals surface area contributed by atoms with Gasteiger partial charge in [0.15, 0.2) is 0 Å². The molecule has 156 valence electrons. The van der Waals surface area contributed by atoms with Crippen molar-refractivity contribution in [3.05, 3.63) is 93.5 Å². The van der Waals surface area contributed by atoms with E-state index in [0.29, 0.717) is 30.3 Å². The maximum Gasteiger partial charge on any atom is 0.251 e. The quantitative estimate of drug-likeness (QED) is 0.493. The van der Waals surface area contributed by atoms with Crippen molar-refractivity contribution < 1.29 is 14.3 Å². The average molecular weight is 424 g/mol. The van der Waals surface area contributed by atoms with E-state index in [0.717, 1.165) is 33.8 Å². The Morgan fingerprint density at radius 3 is 2.30 bits per heavy atom. The largest absolute Gasteiger partial charge is 0.493 e. The van der Waals surface area contributed by atoms with Crippen LogP contribution in [0.25, 0.3) is 0 Å². The lowest BCUT2D eigenvalue weighted by molar-refractivity contribution is 0.0950. The van der Waals surface area contributed by atoms with E-state index >= 15 is 0 Å². The highest BCUT2D eigenvalue weighted by Gasteiger charge is 2.12. The summed E-state index contributed by atoms with van der Waals surface area (Å²) in [7, 11) is 0. The molecule has 1 N–H and O–H groups in total. The van der Waals surface area contributed by atoms with Crippen LogP contribution in [-0.2, 0) is 13.2 Å². The van der Waals surface area contributed by atoms with Crippen LogP contribution in [0.3, 0.4) is 0 Å². The molecule has 0 heterocycles. The molecule has 3 aromatic rings. The van der Waals surface area contributed by atoms with Crippen LogP contribution in [0.4, 0.5) is 0 Å². The van der Waals surface area contributed by atoms with Gasteiger partial charge in [-0.05, 0) is 79.9 Å². The minimum absolute atomic E-state index is 0.152. The number of carbonyl (C=O) groups is 1. The molecule has 1 amide bonds. The Kier molecular flexibility index (Phi) is 7.36. The number of aryl methyl sites for hydroxylation is 2. The minimum atomic E-state index is -0.152. The van der Waals surface area contributed by atoms with Crippen molar-refractivity contribution in [2.45, 2.75) is 33.9 Å². The van der Waals surface area contributed by atoms with Gasteiger partial charge in [0, 0.05) is 22.7 Å². The molecule has 0 radical (unpaired) electrons. The number of carbonyl (C=O) groups excluding carboxylic acids is 1. The number of amides is 1. The Hall–Kier alpha value is -2.98. The van der Waals surface area contributed by atoms with Crippen molar-refractivity contribution in [1.29, 1.82) is 0 Å². The molecule has 0 unspecified atom stereocenters. The highest BCUT2D eigenvalue weighted by atomic mass is 35.5. The fourth-order valence-electron chi connectivity index (χ4n) is 3.19. The van der Waals surface area contributed by atoms with Crippen molar-refractivity contribution >= 4 is 17.5 Å². The first-order valence-electron chi connectivity index (χ1n) is 9.94. The zero-order chi connectivity index (χ0) is 21.5. The number of hydrogen-bond acceptors (Lipinski definition) is 3. The van der Waals surface area contributed by atoms with E-state index in [-0.39, 0.29) is 5.91 Å². The van der Waals surface area contributed by atoms with E-state index in [4.69, 9.17) is 21.1 Å². The molecule has 3 rings (SSSR count). The van der Waals surface area contributed by atoms with Crippen LogP contribution >= 0.6 is 11.6 Å². The zero-order valence-corrected chi connectivity index (χ0v) is 18.3. The van der Waals surface area contributed by atoms with Crippen LogP contribution in [-0.4, -0.2) is 12.5 Å². The summed E-state index contributed by atoms with van der Waals surface area (Å²) < 4.78 is 11.7. The van der Waals surface area contributed by atoms with Crippen LogP contribution in [0.5, 0.6) is 11.5 Å². The fraction of sp³-hybridized carbons (Fsp3) is 0.240. The third kappa shape index (κ3) is 6.01. The summed E-state index contributed by atoms with van der Waals surface area (Å²) in [4.78, 5) is 12.7. The monoisotopic (exact) mass is 423 g/mol. The summed E-state index contributed by atoms with van der Waals surface area (Å²) in [5.41, 5.74) is 4.66. The predicted octanol–water partition coefficient (Wildman–Crippen LogP) is 5.86. The lowest BCUT2D eigenvalue weighted by Gasteiger charge is -2.14. The summed E-state index contributed by atoms with van der Waals surface area (Å²) in [5.74, 6) is 1.37. The molecule has 0 bridgehead atoms. The SMILES string of the molecule is CCOc1ccc(C(=O)NCc2ccc(Cl)cc2)cc1COc1cc(C)cc(C)c1. The molecule has 30 heavy (non-hydrogen) atoms. The summed E-state index contributed by atoms with van der Waals surface area (Å²) in [6.45, 7) is 7.29. The summed E-state index contributed by atoms with van der Waals surface area (Å²) in [6.07, 6.45) is 0. The highest BCUT2D eigenvalue weighted by Crippen LogP contribution is 2.24. The Bertz CT molecular complexity index is 995. The van der Waals surface area contributed by atoms with Crippen molar-refractivity contribution in [3.8, 4) is 11.5 Å². The number of hydrogen-bond donors (Lipinski definition) is 1. The van der Waals surface area contributed by atoms with Gasteiger partial charge in [-0.2, -0.15) is 0 Å². The molecule has 5 heteroatoms. The standard InChI is InChI=1S/C25H26ClNO3/c1-4-29-24-10-7-20(25(28)27-15-19-5-8-22(26)9-6-19)14-21(24)16-30-23-12-17(2)11-18(3)13-23/h5-14H,4,15-16H2,1-3H3,(H,27,28). The van der Waals surface area contributed by atoms with E-state index in [1.54, 1.807) is 6.07 Å². The molecule has 0 aliphatic carbocycles. The first-order valence-corrected chi connectivity index (χ1v) is 10.3. The van der Waals surface area contributed by atoms with Gasteiger partial charge in [-0.1, -0.05) is 29.8 Å². The van der Waals surface area contributed by atoms with E-state index in [2.05, 4.69) is 11.4 Å². The normalized spacial score (nSPS) is 10.5. The molecule has 0 aliphatic rings. The lowest BCUT2D eigenvalue weighted by Crippen LogP contribution is -2.23. The van der Waals surface area contributed by atoms with Gasteiger partial charge in [0.1, 0.15) is 18.1 Å². The molecule has 4 nitrogen and oxygen atoms in total. The van der Waals surface area contributed by atoms with Crippen LogP contribution in [0.1, 0.15) is 39.5 Å². The first kappa shape index (κ1) is 21.7. The van der Waals surface area contributed by atoms with Gasteiger partial charge >= 0.3 is 0 Å². The molecule has 0 atom stereocenters. The maximum atomic E-state index is 12.7. The summed E-state index contributed by atoms with van der Waals surface area (Å²) >= 11 is 5.91. The van der Waals surface area contributed by atoms with E-state index in [9.17, 15) is 4.79 Å². The Labute approximate surface area is 182 Å². The number of halogens is 1. The Balaban J connectivity index is 1.72. The van der Waals surface area contributed by atoms with Gasteiger partial charge < -0.3 is 14.8 Å². The number of rotatable bonds is 8. The number of benzene rings is 3. The van der Waals surface area contributed by atoms with Crippen molar-refractivity contribution in [1.82, 2.24) is 5.32 Å². The second kappa shape index (κ2) is 10.2. The van der Waals surface area contributed by atoms with Gasteiger partial charge in [-0.25, -0.2) is 0 Å². The van der Waals surface area contributed by atoms with Gasteiger partial charge in [0.25, 0.3) is 5.91 Å². The van der Waals surface area contributed by atoms with Crippen LogP contribution in [0.15, 0.2) is 60.7 Å². The molecule has 0 fully saturated rings. The van der Waals surface area contributed by atoms with E-state index < -0.39 is 0 Å². The van der Waals surface area contributed by atoms with Crippen molar-refractivity contribution in [2.75, 3.05) is 6.61 Å². The van der Waals surface area contributed by atoms with Gasteiger partial charge in [0.05, 0.1) is 6.61 Å². The molecular weight excluding hydrogens is 398 g/mol. The van der Waals surface area contributed by atoms with E-state index in [1.165, 1.54) is 0 Å². The second-order valence-electron chi connectivity index (χ2n) is 7.18. The van der Waals surface area contributed by atoms with Crippen LogP contribution in [0, 0.1) is 13.8 Å². The Morgan fingerprint density at radius 2 is 1.63 bits per heavy atom. The number of ether oxygens (including phenoxy) is 2. The predicted molar refractivity (Wildman–Crippen MR) is 120 cm³/mol. The molecule has 3 aromatic carbocycles. The molecule has 0 saturated heterocycles. The minimum Gasteiger partial charge on any atom is -0.493 e. The molecule has 0 saturated carbocycles. The topological polar surface area (TPSA) is 47.6 Å². The summed E-state index contributed by atoms with van der Waals surface area (Å²) in [6, 6.07) is 18.9. The van der Waals surface area contributed by atoms with Gasteiger partial charge in [-0.15, -0.1) is 0 Å². The van der Waals surface area contributed by atoms with Crippen molar-refractivity contribution in [2.24, 2.45) is 0 Å². The fourth-order valence-corrected chi connectivity index (χ4v) is 3.32. The van der Waals surface area contributed by atoms with Gasteiger partial charge in [0.2, 0.25) is 0 Å². The average Bonchev–Trinajstić information content (AvgIpc) is 2.72. The number of nitrogens with one attached hydrogen (secondary N) is 1. The molecule has 0 spiro atoms. The molecule has 0 aromatic heterocycles.